The molecule has 0 aliphatic carbocycles. The smallest absolute Gasteiger partial charge is 0.0125 e. The lowest BCUT2D eigenvalue weighted by atomic mass is 9.92. The van der Waals surface area contributed by atoms with Crippen LogP contribution in [0.5, 0.6) is 0 Å². The molecule has 0 amide bonds. The summed E-state index contributed by atoms with van der Waals surface area (Å²) < 4.78 is 0. The Morgan fingerprint density at radius 2 is 1.73 bits per heavy atom. The molecule has 2 aliphatic rings. The van der Waals surface area contributed by atoms with Crippen molar-refractivity contribution in [2.24, 2.45) is 5.92 Å². The quantitative estimate of drug-likeness (QED) is 0.722. The van der Waals surface area contributed by atoms with Gasteiger partial charge in [0.2, 0.25) is 0 Å². The Kier molecular flexibility index (Phi) is 3.33. The van der Waals surface area contributed by atoms with Gasteiger partial charge in [-0.25, -0.2) is 0 Å². The van der Waals surface area contributed by atoms with E-state index in [4.69, 9.17) is 0 Å². The van der Waals surface area contributed by atoms with Crippen LogP contribution in [0.25, 0.3) is 0 Å². The third-order valence-electron chi connectivity index (χ3n) is 3.63. The lowest BCUT2D eigenvalue weighted by molar-refractivity contribution is -0.00325. The van der Waals surface area contributed by atoms with Gasteiger partial charge in [0.1, 0.15) is 0 Å². The molecule has 2 rings (SSSR count). The van der Waals surface area contributed by atoms with E-state index in [2.05, 4.69) is 35.9 Å². The molecule has 2 saturated heterocycles. The van der Waals surface area contributed by atoms with Crippen molar-refractivity contribution in [1.29, 1.82) is 0 Å². The second-order valence-electron chi connectivity index (χ2n) is 5.99. The highest BCUT2D eigenvalue weighted by Gasteiger charge is 2.34. The molecule has 0 atom stereocenters. The lowest BCUT2D eigenvalue weighted by Gasteiger charge is -2.49. The van der Waals surface area contributed by atoms with E-state index in [1.807, 2.05) is 0 Å². The van der Waals surface area contributed by atoms with Gasteiger partial charge in [0, 0.05) is 51.4 Å². The predicted molar refractivity (Wildman–Crippen MR) is 64.1 cm³/mol. The SMILES string of the molecule is CC(C)(C)N1CC(CN2CCNCC2)C1. The van der Waals surface area contributed by atoms with Crippen LogP contribution in [0.1, 0.15) is 20.8 Å². The molecule has 0 aromatic carbocycles. The molecule has 15 heavy (non-hydrogen) atoms. The number of nitrogens with zero attached hydrogens (tertiary/aromatic N) is 2. The molecule has 88 valence electrons. The Balaban J connectivity index is 1.67. The van der Waals surface area contributed by atoms with E-state index < -0.39 is 0 Å². The summed E-state index contributed by atoms with van der Waals surface area (Å²) >= 11 is 0. The van der Waals surface area contributed by atoms with E-state index in [0.29, 0.717) is 5.54 Å². The van der Waals surface area contributed by atoms with Crippen molar-refractivity contribution in [3.8, 4) is 0 Å². The van der Waals surface area contributed by atoms with Crippen molar-refractivity contribution in [3.63, 3.8) is 0 Å². The summed E-state index contributed by atoms with van der Waals surface area (Å²) in [4.78, 5) is 5.20. The van der Waals surface area contributed by atoms with Gasteiger partial charge in [0.05, 0.1) is 0 Å². The summed E-state index contributed by atoms with van der Waals surface area (Å²) in [7, 11) is 0. The fourth-order valence-corrected chi connectivity index (χ4v) is 2.49. The summed E-state index contributed by atoms with van der Waals surface area (Å²) in [5.74, 6) is 0.919. The maximum atomic E-state index is 3.40. The lowest BCUT2D eigenvalue weighted by Crippen LogP contribution is -2.59. The Morgan fingerprint density at radius 3 is 2.27 bits per heavy atom. The zero-order valence-corrected chi connectivity index (χ0v) is 10.4. The van der Waals surface area contributed by atoms with Crippen molar-refractivity contribution >= 4 is 0 Å². The Bertz CT molecular complexity index is 197. The molecular weight excluding hydrogens is 186 g/mol. The zero-order valence-electron chi connectivity index (χ0n) is 10.4. The molecule has 0 spiro atoms. The van der Waals surface area contributed by atoms with Crippen LogP contribution in [0.15, 0.2) is 0 Å². The second kappa shape index (κ2) is 4.40. The molecule has 0 radical (unpaired) electrons. The van der Waals surface area contributed by atoms with E-state index in [1.54, 1.807) is 0 Å². The van der Waals surface area contributed by atoms with Crippen LogP contribution >= 0.6 is 0 Å². The third-order valence-corrected chi connectivity index (χ3v) is 3.63. The van der Waals surface area contributed by atoms with E-state index in [0.717, 1.165) is 5.92 Å². The van der Waals surface area contributed by atoms with Gasteiger partial charge in [-0.2, -0.15) is 0 Å². The van der Waals surface area contributed by atoms with Gasteiger partial charge >= 0.3 is 0 Å². The molecule has 2 heterocycles. The van der Waals surface area contributed by atoms with E-state index in [9.17, 15) is 0 Å². The summed E-state index contributed by atoms with van der Waals surface area (Å²) in [6, 6.07) is 0. The van der Waals surface area contributed by atoms with Crippen molar-refractivity contribution < 1.29 is 0 Å². The van der Waals surface area contributed by atoms with Crippen molar-refractivity contribution in [2.45, 2.75) is 26.3 Å². The molecular formula is C12H25N3. The molecule has 2 fully saturated rings. The topological polar surface area (TPSA) is 18.5 Å². The largest absolute Gasteiger partial charge is 0.314 e. The Morgan fingerprint density at radius 1 is 1.13 bits per heavy atom. The van der Waals surface area contributed by atoms with Crippen LogP contribution in [0.3, 0.4) is 0 Å². The molecule has 0 aromatic heterocycles. The summed E-state index contributed by atoms with van der Waals surface area (Å²) in [5.41, 5.74) is 0.375. The Hall–Kier alpha value is -0.120. The molecule has 0 saturated carbocycles. The first-order valence-electron chi connectivity index (χ1n) is 6.24. The number of piperazine rings is 1. The van der Waals surface area contributed by atoms with Crippen LogP contribution in [-0.4, -0.2) is 61.2 Å². The number of hydrogen-bond acceptors (Lipinski definition) is 3. The average molecular weight is 211 g/mol. The Labute approximate surface area is 93.8 Å². The first-order chi connectivity index (χ1) is 7.05. The molecule has 0 unspecified atom stereocenters. The number of nitrogens with one attached hydrogen (secondary N) is 1. The fourth-order valence-electron chi connectivity index (χ4n) is 2.49. The molecule has 3 nitrogen and oxygen atoms in total. The minimum absolute atomic E-state index is 0.375. The normalized spacial score (nSPS) is 26.6. The standard InChI is InChI=1S/C12H25N3/c1-12(2,3)15-9-11(10-15)8-14-6-4-13-5-7-14/h11,13H,4-10H2,1-3H3. The minimum Gasteiger partial charge on any atom is -0.314 e. The third kappa shape index (κ3) is 2.92. The minimum atomic E-state index is 0.375. The number of rotatable bonds is 2. The van der Waals surface area contributed by atoms with Gasteiger partial charge in [-0.15, -0.1) is 0 Å². The van der Waals surface area contributed by atoms with Gasteiger partial charge in [-0.3, -0.25) is 4.90 Å². The fraction of sp³-hybridized carbons (Fsp3) is 1.00. The first-order valence-corrected chi connectivity index (χ1v) is 6.24. The highest BCUT2D eigenvalue weighted by Crippen LogP contribution is 2.25. The van der Waals surface area contributed by atoms with Crippen LogP contribution in [-0.2, 0) is 0 Å². The van der Waals surface area contributed by atoms with Crippen LogP contribution < -0.4 is 5.32 Å². The first kappa shape index (κ1) is 11.4. The summed E-state index contributed by atoms with van der Waals surface area (Å²) in [6.07, 6.45) is 0. The zero-order chi connectivity index (χ0) is 10.9. The van der Waals surface area contributed by atoms with Gasteiger partial charge in [0.25, 0.3) is 0 Å². The van der Waals surface area contributed by atoms with Crippen LogP contribution in [0.2, 0.25) is 0 Å². The van der Waals surface area contributed by atoms with Crippen molar-refractivity contribution in [1.82, 2.24) is 15.1 Å². The second-order valence-corrected chi connectivity index (χ2v) is 5.99. The van der Waals surface area contributed by atoms with Crippen LogP contribution in [0, 0.1) is 5.92 Å². The summed E-state index contributed by atoms with van der Waals surface area (Å²) in [5, 5.41) is 3.40. The van der Waals surface area contributed by atoms with E-state index in [1.165, 1.54) is 45.8 Å². The average Bonchev–Trinajstić information content (AvgIpc) is 2.10. The molecule has 0 aromatic rings. The van der Waals surface area contributed by atoms with Gasteiger partial charge < -0.3 is 10.2 Å². The highest BCUT2D eigenvalue weighted by molar-refractivity contribution is 4.90. The molecule has 0 bridgehead atoms. The molecule has 3 heteroatoms. The summed E-state index contributed by atoms with van der Waals surface area (Å²) in [6.45, 7) is 15.7. The van der Waals surface area contributed by atoms with E-state index >= 15 is 0 Å². The predicted octanol–water partition coefficient (Wildman–Crippen LogP) is 0.622. The van der Waals surface area contributed by atoms with E-state index in [-0.39, 0.29) is 0 Å². The number of likely N-dealkylation sites (tertiary alicyclic amines) is 1. The van der Waals surface area contributed by atoms with Gasteiger partial charge in [-0.05, 0) is 26.7 Å². The maximum Gasteiger partial charge on any atom is 0.0125 e. The molecule has 1 N–H and O–H groups in total. The van der Waals surface area contributed by atoms with Crippen molar-refractivity contribution in [2.75, 3.05) is 45.8 Å². The van der Waals surface area contributed by atoms with Gasteiger partial charge in [-0.1, -0.05) is 0 Å². The molecule has 2 aliphatic heterocycles. The monoisotopic (exact) mass is 211 g/mol. The van der Waals surface area contributed by atoms with Crippen molar-refractivity contribution in [3.05, 3.63) is 0 Å². The number of hydrogen-bond donors (Lipinski definition) is 1. The van der Waals surface area contributed by atoms with Crippen LogP contribution in [0.4, 0.5) is 0 Å². The highest BCUT2D eigenvalue weighted by atomic mass is 15.3. The van der Waals surface area contributed by atoms with Gasteiger partial charge in [0.15, 0.2) is 0 Å². The maximum absolute atomic E-state index is 3.40.